The van der Waals surface area contributed by atoms with Gasteiger partial charge < -0.3 is 18.9 Å². The molecule has 1 aliphatic rings. The molecule has 0 amide bonds. The molecule has 1 aromatic heterocycles. The van der Waals surface area contributed by atoms with Crippen molar-refractivity contribution >= 4 is 44.8 Å². The van der Waals surface area contributed by atoms with Crippen LogP contribution in [0.25, 0.3) is 10.2 Å². The first-order valence-corrected chi connectivity index (χ1v) is 21.2. The van der Waals surface area contributed by atoms with Gasteiger partial charge in [-0.3, -0.25) is 0 Å². The van der Waals surface area contributed by atoms with E-state index in [1.165, 1.54) is 48.7 Å². The first-order chi connectivity index (χ1) is 28.3. The molecule has 0 aliphatic heterocycles. The zero-order chi connectivity index (χ0) is 41.0. The van der Waals surface area contributed by atoms with Gasteiger partial charge in [-0.25, -0.2) is 19.6 Å². The van der Waals surface area contributed by atoms with E-state index in [1.54, 1.807) is 5.01 Å². The van der Waals surface area contributed by atoms with Gasteiger partial charge in [0.05, 0.1) is 36.3 Å². The van der Waals surface area contributed by atoms with Crippen LogP contribution in [0.1, 0.15) is 99.7 Å². The quantitative estimate of drug-likeness (QED) is 0.0163. The van der Waals surface area contributed by atoms with E-state index in [0.29, 0.717) is 49.6 Å². The van der Waals surface area contributed by atoms with Crippen LogP contribution in [0, 0.1) is 5.92 Å². The number of allylic oxidation sites excluding steroid dienone is 1. The number of hydrazone groups is 1. The normalized spacial score (nSPS) is 15.2. The van der Waals surface area contributed by atoms with Gasteiger partial charge in [0, 0.05) is 24.6 Å². The second-order valence-electron chi connectivity index (χ2n) is 14.5. The average Bonchev–Trinajstić information content (AvgIpc) is 3.68. The Labute approximate surface area is 346 Å². The lowest BCUT2D eigenvalue weighted by atomic mass is 9.77. The summed E-state index contributed by atoms with van der Waals surface area (Å²) < 4.78 is 36.7. The van der Waals surface area contributed by atoms with Crippen molar-refractivity contribution in [2.45, 2.75) is 89.6 Å². The van der Waals surface area contributed by atoms with Gasteiger partial charge in [-0.2, -0.15) is 9.49 Å². The summed E-state index contributed by atoms with van der Waals surface area (Å²) in [6.45, 7) is 12.1. The molecule has 0 bridgehead atoms. The molecule has 4 aromatic rings. The summed E-state index contributed by atoms with van der Waals surface area (Å²) >= 11 is 1.52. The minimum absolute atomic E-state index is 0.0131. The molecule has 0 atom stereocenters. The topological polar surface area (TPSA) is 99.5 Å². The number of hydrogen-bond donors (Lipinski definition) is 0. The van der Waals surface area contributed by atoms with Crippen LogP contribution in [0.15, 0.2) is 110 Å². The lowest BCUT2D eigenvalue weighted by Crippen LogP contribution is -2.20. The molecule has 1 heterocycles. The summed E-state index contributed by atoms with van der Waals surface area (Å²) in [6.07, 6.45) is 17.4. The first kappa shape index (κ1) is 43.8. The van der Waals surface area contributed by atoms with Crippen molar-refractivity contribution in [2.75, 3.05) is 31.4 Å². The fourth-order valence-corrected chi connectivity index (χ4v) is 7.92. The van der Waals surface area contributed by atoms with E-state index < -0.39 is 11.8 Å². The lowest BCUT2D eigenvalue weighted by Gasteiger charge is -2.29. The molecule has 0 N–H and O–H groups in total. The molecule has 11 heteroatoms. The Balaban J connectivity index is 1.26. The van der Waals surface area contributed by atoms with Crippen molar-refractivity contribution in [3.05, 3.63) is 121 Å². The van der Waals surface area contributed by atoms with Crippen LogP contribution in [-0.4, -0.2) is 49.5 Å². The number of fused-ring (bicyclic) bond motifs is 1. The van der Waals surface area contributed by atoms with Crippen LogP contribution >= 0.6 is 11.3 Å². The average molecular weight is 810 g/mol. The monoisotopic (exact) mass is 809 g/mol. The van der Waals surface area contributed by atoms with Gasteiger partial charge in [-0.15, -0.1) is 6.58 Å². The second kappa shape index (κ2) is 23.8. The molecule has 9 nitrogen and oxygen atoms in total. The number of thiazole rings is 1. The summed E-state index contributed by atoms with van der Waals surface area (Å²) in [6, 6.07) is 22.3. The third kappa shape index (κ3) is 14.3. The number of unbranched alkanes of at least 4 members (excludes halogenated alkanes) is 4. The third-order valence-electron chi connectivity index (χ3n) is 10.2. The summed E-state index contributed by atoms with van der Waals surface area (Å²) in [5.41, 5.74) is 4.01. The Hall–Kier alpha value is -5.29. The van der Waals surface area contributed by atoms with Crippen molar-refractivity contribution in [1.82, 2.24) is 4.98 Å². The smallest absolute Gasteiger partial charge is 0.366 e. The fraction of sp³-hybridized carbons (Fsp3) is 0.404. The Morgan fingerprint density at radius 3 is 2.38 bits per heavy atom. The van der Waals surface area contributed by atoms with Crippen molar-refractivity contribution < 1.29 is 32.9 Å². The Bertz CT molecular complexity index is 1940. The van der Waals surface area contributed by atoms with Crippen molar-refractivity contribution in [3.63, 3.8) is 0 Å². The highest BCUT2D eigenvalue weighted by molar-refractivity contribution is 7.22. The van der Waals surface area contributed by atoms with Crippen LogP contribution in [0.2, 0.25) is 0 Å². The molecule has 308 valence electrons. The number of benzene rings is 3. The molecule has 5 rings (SSSR count). The van der Waals surface area contributed by atoms with E-state index >= 15 is 0 Å². The van der Waals surface area contributed by atoms with Gasteiger partial charge in [0.25, 0.3) is 0 Å². The zero-order valence-electron chi connectivity index (χ0n) is 33.5. The molecule has 1 saturated carbocycles. The molecule has 1 fully saturated rings. The number of halogens is 1. The maximum Gasteiger partial charge on any atom is 0.366 e. The SMILES string of the molecule is C=CCCCC1CCC(c2ccc(OCc3ccc(OCCCCCCOC(=O)C=C)cc3)c(/C=N/N(CCCOC(=O)C(=C)F)c3nc4ccccc4s3)c2)CC1. The van der Waals surface area contributed by atoms with E-state index in [-0.39, 0.29) is 12.6 Å². The predicted molar refractivity (Wildman–Crippen MR) is 231 cm³/mol. The highest BCUT2D eigenvalue weighted by atomic mass is 32.1. The zero-order valence-corrected chi connectivity index (χ0v) is 34.3. The molecule has 3 aromatic carbocycles. The molecule has 1 aliphatic carbocycles. The number of aromatic nitrogens is 1. The number of nitrogens with zero attached hydrogens (tertiary/aromatic N) is 3. The summed E-state index contributed by atoms with van der Waals surface area (Å²) in [5, 5.41) is 7.44. The summed E-state index contributed by atoms with van der Waals surface area (Å²) in [4.78, 5) is 27.6. The summed E-state index contributed by atoms with van der Waals surface area (Å²) in [7, 11) is 0. The maximum atomic E-state index is 13.2. The minimum Gasteiger partial charge on any atom is -0.494 e. The Kier molecular flexibility index (Phi) is 18.0. The van der Waals surface area contributed by atoms with Crippen molar-refractivity contribution in [3.8, 4) is 11.5 Å². The van der Waals surface area contributed by atoms with Gasteiger partial charge in [-0.1, -0.05) is 67.3 Å². The highest BCUT2D eigenvalue weighted by Gasteiger charge is 2.23. The van der Waals surface area contributed by atoms with Crippen LogP contribution in [-0.2, 0) is 25.7 Å². The second-order valence-corrected chi connectivity index (χ2v) is 15.5. The largest absolute Gasteiger partial charge is 0.494 e. The number of esters is 2. The lowest BCUT2D eigenvalue weighted by molar-refractivity contribution is -0.141. The maximum absolute atomic E-state index is 13.2. The van der Waals surface area contributed by atoms with Gasteiger partial charge >= 0.3 is 11.9 Å². The number of rotatable bonds is 25. The molecular formula is C47H56FN3O6S. The van der Waals surface area contributed by atoms with Gasteiger partial charge in [0.2, 0.25) is 11.0 Å². The van der Waals surface area contributed by atoms with Crippen LogP contribution in [0.5, 0.6) is 11.5 Å². The molecule has 0 spiro atoms. The van der Waals surface area contributed by atoms with E-state index in [4.69, 9.17) is 29.0 Å². The van der Waals surface area contributed by atoms with Crippen molar-refractivity contribution in [1.29, 1.82) is 0 Å². The fourth-order valence-electron chi connectivity index (χ4n) is 6.97. The van der Waals surface area contributed by atoms with E-state index in [9.17, 15) is 14.0 Å². The molecule has 0 saturated heterocycles. The van der Waals surface area contributed by atoms with E-state index in [1.807, 2.05) is 60.8 Å². The number of ether oxygens (including phenoxy) is 4. The molecule has 0 radical (unpaired) electrons. The third-order valence-corrected chi connectivity index (χ3v) is 11.3. The number of hydrogen-bond acceptors (Lipinski definition) is 10. The standard InChI is InChI=1S/C47H56FN3O6S/c1-4-6-9-15-36-18-22-38(23-19-36)39-24-27-43(57-34-37-20-25-41(26-21-37)54-29-12-7-8-13-30-55-45(52)5-2)40(32-39)33-49-51(28-14-31-56-46(53)35(3)48)47-50-42-16-10-11-17-44(42)58-47/h4-5,10-11,16-17,20-21,24-27,32-33,36,38H,1-3,6-9,12-15,18-19,22-23,28-31,34H2/b49-33+. The number of anilines is 1. The first-order valence-electron chi connectivity index (χ1n) is 20.4. The van der Waals surface area contributed by atoms with Gasteiger partial charge in [0.15, 0.2) is 0 Å². The summed E-state index contributed by atoms with van der Waals surface area (Å²) in [5.74, 6) is 0.186. The van der Waals surface area contributed by atoms with Crippen LogP contribution < -0.4 is 14.5 Å². The molecule has 58 heavy (non-hydrogen) atoms. The van der Waals surface area contributed by atoms with Crippen LogP contribution in [0.4, 0.5) is 9.52 Å². The minimum atomic E-state index is -1.12. The van der Waals surface area contributed by atoms with Gasteiger partial charge in [-0.05, 0) is 124 Å². The highest BCUT2D eigenvalue weighted by Crippen LogP contribution is 2.39. The van der Waals surface area contributed by atoms with Crippen LogP contribution in [0.3, 0.4) is 0 Å². The molecule has 0 unspecified atom stereocenters. The Morgan fingerprint density at radius 1 is 0.879 bits per heavy atom. The number of carbonyl (C=O) groups is 2. The van der Waals surface area contributed by atoms with E-state index in [2.05, 4.69) is 37.9 Å². The Morgan fingerprint density at radius 2 is 1.64 bits per heavy atom. The van der Waals surface area contributed by atoms with Crippen molar-refractivity contribution in [2.24, 2.45) is 11.0 Å². The predicted octanol–water partition coefficient (Wildman–Crippen LogP) is 11.4. The van der Waals surface area contributed by atoms with E-state index in [0.717, 1.165) is 78.0 Å². The van der Waals surface area contributed by atoms with Gasteiger partial charge in [0.1, 0.15) is 18.1 Å². The number of para-hydroxylation sites is 1. The number of carbonyl (C=O) groups excluding carboxylic acids is 2. The molecular weight excluding hydrogens is 754 g/mol.